The predicted molar refractivity (Wildman–Crippen MR) is 95.1 cm³/mol. The molecule has 0 fully saturated rings. The van der Waals surface area contributed by atoms with Crippen LogP contribution < -0.4 is 0 Å². The first-order valence-electron chi connectivity index (χ1n) is 8.00. The first-order valence-corrected chi connectivity index (χ1v) is 8.00. The van der Waals surface area contributed by atoms with Gasteiger partial charge in [0.2, 0.25) is 0 Å². The number of phenolic OH excluding ortho intramolecular Hbond substituents is 2. The zero-order valence-corrected chi connectivity index (χ0v) is 13.8. The molecule has 0 aromatic heterocycles. The third-order valence-corrected chi connectivity index (χ3v) is 5.06. The molecule has 0 radical (unpaired) electrons. The van der Waals surface area contributed by atoms with E-state index in [1.54, 1.807) is 24.3 Å². The van der Waals surface area contributed by atoms with Crippen LogP contribution in [0.25, 0.3) is 12.2 Å². The van der Waals surface area contributed by atoms with E-state index < -0.39 is 5.41 Å². The molecule has 2 N–H and O–H groups in total. The minimum atomic E-state index is -0.879. The van der Waals surface area contributed by atoms with Crippen LogP contribution in [0.4, 0.5) is 0 Å². The summed E-state index contributed by atoms with van der Waals surface area (Å²) in [6.45, 7) is 2.96. The number of ketones is 2. The van der Waals surface area contributed by atoms with Gasteiger partial charge in [-0.1, -0.05) is 24.3 Å². The Bertz CT molecular complexity index is 941. The van der Waals surface area contributed by atoms with Crippen LogP contribution in [0.2, 0.25) is 0 Å². The van der Waals surface area contributed by atoms with E-state index in [4.69, 9.17) is 0 Å². The van der Waals surface area contributed by atoms with Crippen LogP contribution in [-0.2, 0) is 5.41 Å². The topological polar surface area (TPSA) is 74.6 Å². The van der Waals surface area contributed by atoms with Gasteiger partial charge < -0.3 is 10.2 Å². The van der Waals surface area contributed by atoms with Gasteiger partial charge in [0, 0.05) is 22.3 Å². The number of carbonyl (C=O) groups is 2. The van der Waals surface area contributed by atoms with Gasteiger partial charge in [-0.3, -0.25) is 9.59 Å². The number of hydrogen-bond donors (Lipinski definition) is 2. The van der Waals surface area contributed by atoms with E-state index in [0.717, 1.165) is 0 Å². The molecule has 2 aliphatic carbocycles. The van der Waals surface area contributed by atoms with Gasteiger partial charge in [-0.25, -0.2) is 0 Å². The Kier molecular flexibility index (Phi) is 3.03. The van der Waals surface area contributed by atoms with Crippen molar-refractivity contribution in [2.24, 2.45) is 0 Å². The maximum Gasteiger partial charge on any atom is 0.160 e. The number of carbonyl (C=O) groups excluding carboxylic acids is 2. The average molecular weight is 332 g/mol. The van der Waals surface area contributed by atoms with Crippen molar-refractivity contribution in [3.8, 4) is 11.5 Å². The fourth-order valence-corrected chi connectivity index (χ4v) is 3.99. The molecule has 0 aliphatic heterocycles. The van der Waals surface area contributed by atoms with E-state index >= 15 is 0 Å². The summed E-state index contributed by atoms with van der Waals surface area (Å²) in [6, 6.07) is 6.21. The van der Waals surface area contributed by atoms with Gasteiger partial charge >= 0.3 is 0 Å². The number of Topliss-reactive ketones (excluding diaryl/α,β-unsaturated/α-hetero) is 2. The molecule has 0 atom stereocenters. The molecule has 124 valence electrons. The maximum absolute atomic E-state index is 11.9. The smallest absolute Gasteiger partial charge is 0.160 e. The molecule has 2 aromatic rings. The van der Waals surface area contributed by atoms with Crippen molar-refractivity contribution in [1.29, 1.82) is 0 Å². The molecule has 4 rings (SSSR count). The van der Waals surface area contributed by atoms with Crippen LogP contribution in [0.5, 0.6) is 11.5 Å². The van der Waals surface area contributed by atoms with E-state index in [1.165, 1.54) is 26.0 Å². The third-order valence-electron chi connectivity index (χ3n) is 5.06. The molecule has 0 bridgehead atoms. The number of benzene rings is 2. The molecular formula is C21H16O4. The molecule has 4 heteroatoms. The molecular weight excluding hydrogens is 316 g/mol. The van der Waals surface area contributed by atoms with Crippen LogP contribution in [0.15, 0.2) is 36.4 Å². The molecule has 25 heavy (non-hydrogen) atoms. The lowest BCUT2D eigenvalue weighted by atomic mass is 9.76. The third kappa shape index (κ3) is 1.88. The minimum absolute atomic E-state index is 0.0510. The van der Waals surface area contributed by atoms with E-state index in [9.17, 15) is 19.8 Å². The first-order chi connectivity index (χ1) is 11.9. The number of phenols is 2. The van der Waals surface area contributed by atoms with Crippen molar-refractivity contribution in [3.63, 3.8) is 0 Å². The van der Waals surface area contributed by atoms with E-state index in [0.29, 0.717) is 33.4 Å². The Hall–Kier alpha value is -3.14. The molecule has 0 heterocycles. The summed E-state index contributed by atoms with van der Waals surface area (Å²) in [4.78, 5) is 23.9. The summed E-state index contributed by atoms with van der Waals surface area (Å²) < 4.78 is 0. The van der Waals surface area contributed by atoms with Gasteiger partial charge in [0.15, 0.2) is 11.6 Å². The van der Waals surface area contributed by atoms with Crippen LogP contribution in [0.3, 0.4) is 0 Å². The van der Waals surface area contributed by atoms with Gasteiger partial charge in [-0.05, 0) is 49.2 Å². The van der Waals surface area contributed by atoms with Crippen LogP contribution in [-0.4, -0.2) is 21.8 Å². The fraction of sp³-hybridized carbons (Fsp3) is 0.143. The standard InChI is InChI=1S/C21H16O4/c1-11(22)13-3-5-17(24)19-15(13)7-9-21(19)10-8-16-14(12(2)23)4-6-18(25)20(16)21/h3-10,24-25H,1-2H3. The van der Waals surface area contributed by atoms with Crippen molar-refractivity contribution in [1.82, 2.24) is 0 Å². The summed E-state index contributed by atoms with van der Waals surface area (Å²) >= 11 is 0. The summed E-state index contributed by atoms with van der Waals surface area (Å²) in [5.41, 5.74) is 2.58. The molecule has 2 aromatic carbocycles. The summed E-state index contributed by atoms with van der Waals surface area (Å²) in [6.07, 6.45) is 7.31. The van der Waals surface area contributed by atoms with Crippen molar-refractivity contribution in [2.75, 3.05) is 0 Å². The van der Waals surface area contributed by atoms with E-state index in [-0.39, 0.29) is 23.1 Å². The molecule has 0 amide bonds. The fourth-order valence-electron chi connectivity index (χ4n) is 3.99. The highest BCUT2D eigenvalue weighted by atomic mass is 16.3. The quantitative estimate of drug-likeness (QED) is 0.819. The maximum atomic E-state index is 11.9. The monoisotopic (exact) mass is 332 g/mol. The zero-order valence-electron chi connectivity index (χ0n) is 13.8. The van der Waals surface area contributed by atoms with E-state index in [2.05, 4.69) is 0 Å². The van der Waals surface area contributed by atoms with Gasteiger partial charge in [0.25, 0.3) is 0 Å². The molecule has 1 spiro atoms. The molecule has 0 saturated heterocycles. The molecule has 4 nitrogen and oxygen atoms in total. The Morgan fingerprint density at radius 2 is 1.16 bits per heavy atom. The number of fused-ring (bicyclic) bond motifs is 4. The van der Waals surface area contributed by atoms with Gasteiger partial charge in [-0.15, -0.1) is 0 Å². The van der Waals surface area contributed by atoms with Gasteiger partial charge in [0.1, 0.15) is 11.5 Å². The largest absolute Gasteiger partial charge is 0.508 e. The molecule has 0 saturated carbocycles. The Morgan fingerprint density at radius 3 is 1.52 bits per heavy atom. The Labute approximate surface area is 144 Å². The number of allylic oxidation sites excluding steroid dienone is 2. The van der Waals surface area contributed by atoms with Crippen molar-refractivity contribution in [2.45, 2.75) is 19.3 Å². The lowest BCUT2D eigenvalue weighted by Gasteiger charge is -2.26. The van der Waals surface area contributed by atoms with Gasteiger partial charge in [0.05, 0.1) is 5.41 Å². The lowest BCUT2D eigenvalue weighted by Crippen LogP contribution is -2.20. The molecule has 2 aliphatic rings. The Balaban J connectivity index is 2.07. The minimum Gasteiger partial charge on any atom is -0.508 e. The number of aromatic hydroxyl groups is 2. The average Bonchev–Trinajstić information content (AvgIpc) is 3.12. The summed E-state index contributed by atoms with van der Waals surface area (Å²) in [5.74, 6) is -0.0889. The van der Waals surface area contributed by atoms with E-state index in [1.807, 2.05) is 12.2 Å². The predicted octanol–water partition coefficient (Wildman–Crippen LogP) is 3.84. The van der Waals surface area contributed by atoms with Crippen LogP contribution in [0, 0.1) is 0 Å². The number of rotatable bonds is 2. The van der Waals surface area contributed by atoms with Crippen LogP contribution in [0.1, 0.15) is 56.8 Å². The van der Waals surface area contributed by atoms with Gasteiger partial charge in [-0.2, -0.15) is 0 Å². The Morgan fingerprint density at radius 1 is 0.760 bits per heavy atom. The SMILES string of the molecule is CC(=O)c1ccc(O)c2c1C=CC21C=Cc2c(C(C)=O)ccc(O)c21. The number of hydrogen-bond acceptors (Lipinski definition) is 4. The highest BCUT2D eigenvalue weighted by Crippen LogP contribution is 2.54. The second-order valence-corrected chi connectivity index (χ2v) is 6.49. The van der Waals surface area contributed by atoms with Crippen LogP contribution >= 0.6 is 0 Å². The summed E-state index contributed by atoms with van der Waals surface area (Å²) in [7, 11) is 0. The lowest BCUT2D eigenvalue weighted by molar-refractivity contribution is 0.100. The second kappa shape index (κ2) is 4.93. The van der Waals surface area contributed by atoms with Crippen molar-refractivity contribution < 1.29 is 19.8 Å². The molecule has 0 unspecified atom stereocenters. The highest BCUT2D eigenvalue weighted by Gasteiger charge is 2.44. The summed E-state index contributed by atoms with van der Waals surface area (Å²) in [5, 5.41) is 21.0. The van der Waals surface area contributed by atoms with Crippen molar-refractivity contribution in [3.05, 3.63) is 69.8 Å². The highest BCUT2D eigenvalue weighted by molar-refractivity contribution is 6.03. The second-order valence-electron chi connectivity index (χ2n) is 6.49. The zero-order chi connectivity index (χ0) is 17.9. The normalized spacial score (nSPS) is 15.4. The first kappa shape index (κ1) is 15.4. The van der Waals surface area contributed by atoms with Crippen molar-refractivity contribution >= 4 is 23.7 Å².